The third-order valence-electron chi connectivity index (χ3n) is 12.4. The Morgan fingerprint density at radius 1 is 0.431 bits per heavy atom. The van der Waals surface area contributed by atoms with Gasteiger partial charge in [0.2, 0.25) is 0 Å². The Labute approximate surface area is 375 Å². The van der Waals surface area contributed by atoms with Crippen molar-refractivity contribution in [2.45, 2.75) is 52.4 Å². The van der Waals surface area contributed by atoms with Crippen molar-refractivity contribution in [2.24, 2.45) is 0 Å². The van der Waals surface area contributed by atoms with Gasteiger partial charge in [0.05, 0.1) is 67.6 Å². The maximum absolute atomic E-state index is 11.2. The molecule has 0 amide bonds. The van der Waals surface area contributed by atoms with Crippen molar-refractivity contribution in [3.63, 3.8) is 0 Å². The van der Waals surface area contributed by atoms with Gasteiger partial charge in [-0.05, 0) is 72.8 Å². The highest BCUT2D eigenvalue weighted by Crippen LogP contribution is 2.50. The van der Waals surface area contributed by atoms with Crippen molar-refractivity contribution in [1.29, 1.82) is 15.8 Å². The summed E-state index contributed by atoms with van der Waals surface area (Å²) in [7, 11) is 0. The molecule has 0 fully saturated rings. The third kappa shape index (κ3) is 5.92. The molecule has 0 N–H and O–H groups in total. The average molecular weight is 840 g/mol. The van der Waals surface area contributed by atoms with Gasteiger partial charge in [0, 0.05) is 60.1 Å². The highest BCUT2D eigenvalue weighted by Gasteiger charge is 2.30. The van der Waals surface area contributed by atoms with Gasteiger partial charge in [0.1, 0.15) is 17.7 Å². The van der Waals surface area contributed by atoms with Crippen LogP contribution in [0.2, 0.25) is 0 Å². The first kappa shape index (κ1) is 39.3. The molecule has 0 aliphatic carbocycles. The van der Waals surface area contributed by atoms with Crippen molar-refractivity contribution in [1.82, 2.24) is 28.7 Å². The molecule has 310 valence electrons. The summed E-state index contributed by atoms with van der Waals surface area (Å²) >= 11 is 0. The SMILES string of the molecule is CC(C)(C)c1nc(-c2ccc(-n3c4ccccc4c4c5c(c6ccccc6n5-c5cccc(C#N)c5)c5c(c6ccccc6n5-c5cccc(C#N)c5)c43)c(C#N)c2)nc(C(C)(C)C)n1. The van der Waals surface area contributed by atoms with Gasteiger partial charge in [-0.3, -0.25) is 0 Å². The van der Waals surface area contributed by atoms with Crippen LogP contribution in [0.15, 0.2) is 140 Å². The summed E-state index contributed by atoms with van der Waals surface area (Å²) in [4.78, 5) is 14.9. The topological polar surface area (TPSA) is 125 Å². The minimum Gasteiger partial charge on any atom is -0.308 e. The molecule has 11 aromatic rings. The largest absolute Gasteiger partial charge is 0.308 e. The van der Waals surface area contributed by atoms with E-state index in [1.54, 1.807) is 0 Å². The Morgan fingerprint density at radius 2 is 0.862 bits per heavy atom. The predicted octanol–water partition coefficient (Wildman–Crippen LogP) is 13.0. The van der Waals surface area contributed by atoms with Gasteiger partial charge in [-0.1, -0.05) is 108 Å². The summed E-state index contributed by atoms with van der Waals surface area (Å²) in [6.07, 6.45) is 0. The fourth-order valence-corrected chi connectivity index (χ4v) is 9.50. The lowest BCUT2D eigenvalue weighted by atomic mass is 9.93. The minimum atomic E-state index is -0.330. The molecule has 7 aromatic carbocycles. The quantitative estimate of drug-likeness (QED) is 0.174. The van der Waals surface area contributed by atoms with Gasteiger partial charge >= 0.3 is 0 Å². The smallest absolute Gasteiger partial charge is 0.163 e. The Morgan fingerprint density at radius 3 is 1.29 bits per heavy atom. The summed E-state index contributed by atoms with van der Waals surface area (Å²) < 4.78 is 6.82. The van der Waals surface area contributed by atoms with Crippen LogP contribution in [-0.4, -0.2) is 28.7 Å². The highest BCUT2D eigenvalue weighted by molar-refractivity contribution is 6.40. The Bertz CT molecular complexity index is 3830. The number of benzene rings is 7. The van der Waals surface area contributed by atoms with Crippen LogP contribution in [0.5, 0.6) is 0 Å². The van der Waals surface area contributed by atoms with E-state index in [0.29, 0.717) is 39.9 Å². The number of fused-ring (bicyclic) bond motifs is 12. The second-order valence-electron chi connectivity index (χ2n) is 18.7. The number of rotatable bonds is 4. The molecular formula is C56H41N9. The molecule has 11 rings (SSSR count). The number of aromatic nitrogens is 6. The molecule has 0 unspecified atom stereocenters. The lowest BCUT2D eigenvalue weighted by Gasteiger charge is -2.23. The first-order valence-corrected chi connectivity index (χ1v) is 21.6. The summed E-state index contributed by atoms with van der Waals surface area (Å²) in [5.41, 5.74) is 9.78. The molecule has 0 atom stereocenters. The zero-order valence-electron chi connectivity index (χ0n) is 36.8. The van der Waals surface area contributed by atoms with Crippen LogP contribution >= 0.6 is 0 Å². The van der Waals surface area contributed by atoms with Gasteiger partial charge in [0.25, 0.3) is 0 Å². The molecule has 0 saturated heterocycles. The Hall–Kier alpha value is -8.58. The molecule has 9 nitrogen and oxygen atoms in total. The fraction of sp³-hybridized carbons (Fsp3) is 0.143. The fourth-order valence-electron chi connectivity index (χ4n) is 9.50. The lowest BCUT2D eigenvalue weighted by molar-refractivity contribution is 0.497. The zero-order valence-corrected chi connectivity index (χ0v) is 36.8. The monoisotopic (exact) mass is 839 g/mol. The van der Waals surface area contributed by atoms with E-state index in [1.165, 1.54) is 0 Å². The first-order chi connectivity index (χ1) is 31.4. The summed E-state index contributed by atoms with van der Waals surface area (Å²) in [6.45, 7) is 12.6. The van der Waals surface area contributed by atoms with Crippen molar-refractivity contribution in [3.05, 3.63) is 168 Å². The molecule has 0 spiro atoms. The number of para-hydroxylation sites is 3. The molecule has 0 radical (unpaired) electrons. The summed E-state index contributed by atoms with van der Waals surface area (Å²) in [5, 5.41) is 37.7. The van der Waals surface area contributed by atoms with E-state index in [9.17, 15) is 15.8 Å². The predicted molar refractivity (Wildman–Crippen MR) is 260 cm³/mol. The van der Waals surface area contributed by atoms with Crippen molar-refractivity contribution in [2.75, 3.05) is 0 Å². The minimum absolute atomic E-state index is 0.330. The normalized spacial score (nSPS) is 12.1. The first-order valence-electron chi connectivity index (χ1n) is 21.6. The second-order valence-corrected chi connectivity index (χ2v) is 18.7. The van der Waals surface area contributed by atoms with E-state index < -0.39 is 0 Å². The summed E-state index contributed by atoms with van der Waals surface area (Å²) in [6, 6.07) is 54.0. The van der Waals surface area contributed by atoms with Crippen molar-refractivity contribution in [3.8, 4) is 46.7 Å². The molecule has 4 aromatic heterocycles. The van der Waals surface area contributed by atoms with Crippen molar-refractivity contribution >= 4 is 65.4 Å². The van der Waals surface area contributed by atoms with Gasteiger partial charge in [-0.2, -0.15) is 15.8 Å². The van der Waals surface area contributed by atoms with Crippen molar-refractivity contribution < 1.29 is 0 Å². The second kappa shape index (κ2) is 14.2. The number of nitriles is 3. The molecule has 0 bridgehead atoms. The molecule has 9 heteroatoms. The Kier molecular flexibility index (Phi) is 8.60. The van der Waals surface area contributed by atoms with Gasteiger partial charge in [-0.15, -0.1) is 0 Å². The number of nitrogens with zero attached hydrogens (tertiary/aromatic N) is 9. The molecule has 65 heavy (non-hydrogen) atoms. The van der Waals surface area contributed by atoms with Crippen LogP contribution in [0.4, 0.5) is 0 Å². The van der Waals surface area contributed by atoms with Crippen LogP contribution in [0, 0.1) is 34.0 Å². The molecule has 4 heterocycles. The average Bonchev–Trinajstić information content (AvgIpc) is 3.96. The van der Waals surface area contributed by atoms with Gasteiger partial charge < -0.3 is 13.7 Å². The van der Waals surface area contributed by atoms with Crippen LogP contribution in [0.25, 0.3) is 93.9 Å². The molecular weight excluding hydrogens is 799 g/mol. The van der Waals surface area contributed by atoms with Gasteiger partial charge in [0.15, 0.2) is 5.82 Å². The maximum Gasteiger partial charge on any atom is 0.163 e. The van der Waals surface area contributed by atoms with E-state index in [0.717, 1.165) is 82.4 Å². The molecule has 0 aliphatic heterocycles. The van der Waals surface area contributed by atoms with Crippen LogP contribution in [-0.2, 0) is 10.8 Å². The highest BCUT2D eigenvalue weighted by atomic mass is 15.1. The zero-order chi connectivity index (χ0) is 44.9. The third-order valence-corrected chi connectivity index (χ3v) is 12.4. The Balaban J connectivity index is 1.36. The van der Waals surface area contributed by atoms with Crippen LogP contribution < -0.4 is 0 Å². The van der Waals surface area contributed by atoms with Crippen LogP contribution in [0.1, 0.15) is 69.9 Å². The van der Waals surface area contributed by atoms with E-state index in [4.69, 9.17) is 15.0 Å². The van der Waals surface area contributed by atoms with E-state index >= 15 is 0 Å². The van der Waals surface area contributed by atoms with Gasteiger partial charge in [-0.25, -0.2) is 15.0 Å². The molecule has 0 saturated carbocycles. The maximum atomic E-state index is 11.2. The van der Waals surface area contributed by atoms with E-state index in [2.05, 4.69) is 152 Å². The van der Waals surface area contributed by atoms with Crippen LogP contribution in [0.3, 0.4) is 0 Å². The van der Waals surface area contributed by atoms with E-state index in [-0.39, 0.29) is 10.8 Å². The standard InChI is InChI=1S/C56H41N9/c1-55(2,3)53-60-52(61-54(62-53)56(4,5)6)35-25-26-42(36(29-35)32-59)65-45-24-12-9-21-41(45)48-50-46(39-19-7-10-22-43(39)63(50)37-17-13-15-33(27-37)30-57)49-47(51(48)65)40-20-8-11-23-44(40)64(49)38-18-14-16-34(28-38)31-58/h7-29H,1-6H3. The summed E-state index contributed by atoms with van der Waals surface area (Å²) in [5.74, 6) is 1.91. The number of hydrogen-bond donors (Lipinski definition) is 0. The number of hydrogen-bond acceptors (Lipinski definition) is 6. The van der Waals surface area contributed by atoms with E-state index in [1.807, 2.05) is 60.7 Å². The molecule has 0 aliphatic rings. The lowest BCUT2D eigenvalue weighted by Crippen LogP contribution is -2.24.